The summed E-state index contributed by atoms with van der Waals surface area (Å²) in [5.41, 5.74) is 6.73. The van der Waals surface area contributed by atoms with Crippen molar-refractivity contribution in [2.45, 2.75) is 0 Å². The molecule has 0 saturated carbocycles. The molecule has 17 heavy (non-hydrogen) atoms. The molecule has 0 aromatic heterocycles. The van der Waals surface area contributed by atoms with Crippen molar-refractivity contribution in [3.8, 4) is 0 Å². The topological polar surface area (TPSA) is 79.6 Å². The zero-order chi connectivity index (χ0) is 12.1. The molecule has 1 aliphatic heterocycles. The zero-order valence-electron chi connectivity index (χ0n) is 9.48. The van der Waals surface area contributed by atoms with Crippen LogP contribution in [0.3, 0.4) is 0 Å². The van der Waals surface area contributed by atoms with E-state index in [0.717, 1.165) is 5.69 Å². The standard InChI is InChI=1S/C11H16N4O2/c12-13-10-3-1-9(2-4-10)11(16)14-15-5-7-17-8-6-15/h1-4,13H,5-8,12H2,(H,14,16). The average Bonchev–Trinajstić information content (AvgIpc) is 2.40. The predicted octanol–water partition coefficient (Wildman–Crippen LogP) is -0.0508. The number of hydrogen-bond donors (Lipinski definition) is 3. The number of rotatable bonds is 3. The highest BCUT2D eigenvalue weighted by Gasteiger charge is 2.13. The Balaban J connectivity index is 1.93. The van der Waals surface area contributed by atoms with Crippen LogP contribution in [0, 0.1) is 0 Å². The molecule has 0 unspecified atom stereocenters. The molecular formula is C11H16N4O2. The van der Waals surface area contributed by atoms with Gasteiger partial charge in [-0.05, 0) is 24.3 Å². The third-order valence-corrected chi connectivity index (χ3v) is 2.58. The van der Waals surface area contributed by atoms with Crippen molar-refractivity contribution >= 4 is 11.6 Å². The van der Waals surface area contributed by atoms with E-state index in [0.29, 0.717) is 31.9 Å². The van der Waals surface area contributed by atoms with Crippen LogP contribution in [-0.2, 0) is 4.74 Å². The highest BCUT2D eigenvalue weighted by Crippen LogP contribution is 2.08. The third-order valence-electron chi connectivity index (χ3n) is 2.58. The number of amides is 1. The molecule has 6 heteroatoms. The van der Waals surface area contributed by atoms with E-state index in [-0.39, 0.29) is 5.91 Å². The zero-order valence-corrected chi connectivity index (χ0v) is 9.48. The summed E-state index contributed by atoms with van der Waals surface area (Å²) in [4.78, 5) is 11.9. The van der Waals surface area contributed by atoms with E-state index in [1.165, 1.54) is 0 Å². The van der Waals surface area contributed by atoms with Crippen LogP contribution >= 0.6 is 0 Å². The highest BCUT2D eigenvalue weighted by molar-refractivity contribution is 5.94. The molecule has 1 amide bonds. The van der Waals surface area contributed by atoms with Crippen molar-refractivity contribution in [3.05, 3.63) is 29.8 Å². The second kappa shape index (κ2) is 5.62. The molecule has 6 nitrogen and oxygen atoms in total. The minimum Gasteiger partial charge on any atom is -0.379 e. The Bertz CT molecular complexity index is 374. The summed E-state index contributed by atoms with van der Waals surface area (Å²) in [5.74, 6) is 5.14. The normalized spacial score (nSPS) is 16.5. The van der Waals surface area contributed by atoms with Crippen LogP contribution in [0.4, 0.5) is 5.69 Å². The van der Waals surface area contributed by atoms with Crippen molar-refractivity contribution in [1.29, 1.82) is 0 Å². The number of anilines is 1. The van der Waals surface area contributed by atoms with Gasteiger partial charge in [-0.3, -0.25) is 16.1 Å². The number of hydrazine groups is 2. The van der Waals surface area contributed by atoms with Crippen LogP contribution in [0.1, 0.15) is 10.4 Å². The Hall–Kier alpha value is -1.63. The smallest absolute Gasteiger partial charge is 0.265 e. The number of morpholine rings is 1. The van der Waals surface area contributed by atoms with Gasteiger partial charge in [-0.1, -0.05) is 0 Å². The summed E-state index contributed by atoms with van der Waals surface area (Å²) in [7, 11) is 0. The number of nitrogen functional groups attached to an aromatic ring is 1. The first kappa shape index (κ1) is 11.8. The molecule has 0 atom stereocenters. The first-order valence-corrected chi connectivity index (χ1v) is 5.50. The van der Waals surface area contributed by atoms with Gasteiger partial charge in [0.25, 0.3) is 5.91 Å². The predicted molar refractivity (Wildman–Crippen MR) is 64.1 cm³/mol. The summed E-state index contributed by atoms with van der Waals surface area (Å²) >= 11 is 0. The van der Waals surface area contributed by atoms with Crippen molar-refractivity contribution in [1.82, 2.24) is 10.4 Å². The second-order valence-electron chi connectivity index (χ2n) is 3.76. The van der Waals surface area contributed by atoms with Gasteiger partial charge in [0.15, 0.2) is 0 Å². The lowest BCUT2D eigenvalue weighted by molar-refractivity contribution is 0.0126. The van der Waals surface area contributed by atoms with Gasteiger partial charge < -0.3 is 10.2 Å². The van der Waals surface area contributed by atoms with Crippen molar-refractivity contribution in [2.24, 2.45) is 5.84 Å². The third kappa shape index (κ3) is 3.16. The van der Waals surface area contributed by atoms with Crippen LogP contribution in [0.2, 0.25) is 0 Å². The van der Waals surface area contributed by atoms with Crippen LogP contribution in [0.15, 0.2) is 24.3 Å². The number of nitrogens with two attached hydrogens (primary N) is 1. The van der Waals surface area contributed by atoms with Crippen molar-refractivity contribution < 1.29 is 9.53 Å². The lowest BCUT2D eigenvalue weighted by Gasteiger charge is -2.26. The maximum atomic E-state index is 11.9. The number of carbonyl (C=O) groups is 1. The first-order chi connectivity index (χ1) is 8.29. The number of nitrogens with zero attached hydrogens (tertiary/aromatic N) is 1. The van der Waals surface area contributed by atoms with E-state index in [2.05, 4.69) is 10.9 Å². The van der Waals surface area contributed by atoms with Gasteiger partial charge >= 0.3 is 0 Å². The minimum absolute atomic E-state index is 0.115. The highest BCUT2D eigenvalue weighted by atomic mass is 16.5. The van der Waals surface area contributed by atoms with E-state index >= 15 is 0 Å². The molecule has 0 radical (unpaired) electrons. The van der Waals surface area contributed by atoms with Crippen LogP contribution < -0.4 is 16.7 Å². The average molecular weight is 236 g/mol. The fraction of sp³-hybridized carbons (Fsp3) is 0.364. The summed E-state index contributed by atoms with van der Waals surface area (Å²) in [6.45, 7) is 2.73. The SMILES string of the molecule is NNc1ccc(C(=O)NN2CCOCC2)cc1. The Morgan fingerprint density at radius 1 is 1.24 bits per heavy atom. The molecule has 4 N–H and O–H groups in total. The van der Waals surface area contributed by atoms with Gasteiger partial charge in [0.2, 0.25) is 0 Å². The van der Waals surface area contributed by atoms with Crippen LogP contribution in [0.25, 0.3) is 0 Å². The molecule has 0 spiro atoms. The largest absolute Gasteiger partial charge is 0.379 e. The minimum atomic E-state index is -0.115. The molecule has 2 rings (SSSR count). The molecule has 1 aromatic carbocycles. The summed E-state index contributed by atoms with van der Waals surface area (Å²) in [6.07, 6.45) is 0. The molecule has 0 aliphatic carbocycles. The van der Waals surface area contributed by atoms with Crippen molar-refractivity contribution in [3.63, 3.8) is 0 Å². The van der Waals surface area contributed by atoms with Gasteiger partial charge in [0.1, 0.15) is 0 Å². The van der Waals surface area contributed by atoms with E-state index < -0.39 is 0 Å². The monoisotopic (exact) mass is 236 g/mol. The lowest BCUT2D eigenvalue weighted by atomic mass is 10.2. The quantitative estimate of drug-likeness (QED) is 0.506. The van der Waals surface area contributed by atoms with Gasteiger partial charge in [0, 0.05) is 24.3 Å². The van der Waals surface area contributed by atoms with Gasteiger partial charge in [-0.2, -0.15) is 0 Å². The molecule has 0 bridgehead atoms. The molecule has 1 aromatic rings. The molecule has 92 valence electrons. The molecule has 1 fully saturated rings. The van der Waals surface area contributed by atoms with Gasteiger partial charge in [-0.25, -0.2) is 5.01 Å². The first-order valence-electron chi connectivity index (χ1n) is 5.50. The number of ether oxygens (including phenoxy) is 1. The number of hydrogen-bond acceptors (Lipinski definition) is 5. The van der Waals surface area contributed by atoms with E-state index in [4.69, 9.17) is 10.6 Å². The Labute approximate surface area is 99.7 Å². The van der Waals surface area contributed by atoms with Gasteiger partial charge in [-0.15, -0.1) is 0 Å². The van der Waals surface area contributed by atoms with E-state index in [1.54, 1.807) is 24.3 Å². The van der Waals surface area contributed by atoms with E-state index in [9.17, 15) is 4.79 Å². The molecular weight excluding hydrogens is 220 g/mol. The fourth-order valence-corrected chi connectivity index (χ4v) is 1.60. The summed E-state index contributed by atoms with van der Waals surface area (Å²) in [5, 5.41) is 1.86. The van der Waals surface area contributed by atoms with Crippen LogP contribution in [0.5, 0.6) is 0 Å². The number of benzene rings is 1. The van der Waals surface area contributed by atoms with Gasteiger partial charge in [0.05, 0.1) is 13.2 Å². The number of nitrogens with one attached hydrogen (secondary N) is 2. The van der Waals surface area contributed by atoms with Crippen LogP contribution in [-0.4, -0.2) is 37.2 Å². The second-order valence-corrected chi connectivity index (χ2v) is 3.76. The summed E-state index contributed by atoms with van der Waals surface area (Å²) in [6, 6.07) is 6.97. The molecule has 1 heterocycles. The molecule has 1 saturated heterocycles. The number of carbonyl (C=O) groups excluding carboxylic acids is 1. The fourth-order valence-electron chi connectivity index (χ4n) is 1.60. The molecule has 1 aliphatic rings. The maximum Gasteiger partial charge on any atom is 0.265 e. The Morgan fingerprint density at radius 3 is 2.47 bits per heavy atom. The maximum absolute atomic E-state index is 11.9. The Kier molecular flexibility index (Phi) is 3.92. The Morgan fingerprint density at radius 2 is 1.88 bits per heavy atom. The lowest BCUT2D eigenvalue weighted by Crippen LogP contribution is -2.48. The van der Waals surface area contributed by atoms with E-state index in [1.807, 2.05) is 5.01 Å². The summed E-state index contributed by atoms with van der Waals surface area (Å²) < 4.78 is 5.20. The van der Waals surface area contributed by atoms with Crippen molar-refractivity contribution in [2.75, 3.05) is 31.7 Å².